The van der Waals surface area contributed by atoms with E-state index in [4.69, 9.17) is 4.74 Å². The number of halogens is 1. The average Bonchev–Trinajstić information content (AvgIpc) is 2.43. The predicted octanol–water partition coefficient (Wildman–Crippen LogP) is 3.19. The van der Waals surface area contributed by atoms with Crippen molar-refractivity contribution < 1.29 is 18.7 Å². The largest absolute Gasteiger partial charge is 0.456 e. The molecule has 0 bridgehead atoms. The number of benzene rings is 1. The maximum absolute atomic E-state index is 14.1. The first-order chi connectivity index (χ1) is 9.49. The Balaban J connectivity index is 2.00. The van der Waals surface area contributed by atoms with Gasteiger partial charge in [0.05, 0.1) is 5.56 Å². The summed E-state index contributed by atoms with van der Waals surface area (Å²) in [6, 6.07) is 8.55. The summed E-state index contributed by atoms with van der Waals surface area (Å²) in [5, 5.41) is 0. The van der Waals surface area contributed by atoms with E-state index in [0.717, 1.165) is 0 Å². The van der Waals surface area contributed by atoms with E-state index in [1.54, 1.807) is 30.3 Å². The highest BCUT2D eigenvalue weighted by Gasteiger charge is 2.39. The summed E-state index contributed by atoms with van der Waals surface area (Å²) in [5.41, 5.74) is 0.418. The first-order valence-electron chi connectivity index (χ1n) is 6.89. The average molecular weight is 278 g/mol. The number of ketones is 1. The van der Waals surface area contributed by atoms with E-state index >= 15 is 0 Å². The lowest BCUT2D eigenvalue weighted by molar-refractivity contribution is -0.126. The molecule has 4 heteroatoms. The van der Waals surface area contributed by atoms with Crippen LogP contribution in [0.2, 0.25) is 0 Å². The minimum absolute atomic E-state index is 0.00739. The number of carbonyl (C=O) groups is 2. The molecular weight excluding hydrogens is 259 g/mol. The van der Waals surface area contributed by atoms with Crippen LogP contribution in [0.3, 0.4) is 0 Å². The van der Waals surface area contributed by atoms with Crippen LogP contribution in [0.5, 0.6) is 0 Å². The number of Topliss-reactive ketones (excluding diaryl/α,β-unsaturated/α-hetero) is 1. The van der Waals surface area contributed by atoms with Crippen molar-refractivity contribution in [3.63, 3.8) is 0 Å². The van der Waals surface area contributed by atoms with Crippen LogP contribution in [0.15, 0.2) is 30.3 Å². The van der Waals surface area contributed by atoms with Gasteiger partial charge in [0.1, 0.15) is 18.1 Å². The van der Waals surface area contributed by atoms with Crippen LogP contribution >= 0.6 is 0 Å². The quantitative estimate of drug-likeness (QED) is 0.797. The fourth-order valence-corrected chi connectivity index (χ4v) is 2.77. The Morgan fingerprint density at radius 2 is 1.85 bits per heavy atom. The molecule has 1 fully saturated rings. The fourth-order valence-electron chi connectivity index (χ4n) is 2.77. The number of rotatable bonds is 3. The van der Waals surface area contributed by atoms with Crippen LogP contribution in [-0.4, -0.2) is 24.0 Å². The summed E-state index contributed by atoms with van der Waals surface area (Å²) >= 11 is 0. The Labute approximate surface area is 118 Å². The molecule has 4 atom stereocenters. The van der Waals surface area contributed by atoms with Crippen molar-refractivity contribution in [2.24, 2.45) is 11.8 Å². The summed E-state index contributed by atoms with van der Waals surface area (Å²) in [6.07, 6.45) is -1.49. The van der Waals surface area contributed by atoms with Crippen molar-refractivity contribution in [2.45, 2.75) is 39.0 Å². The number of esters is 1. The van der Waals surface area contributed by atoms with Gasteiger partial charge in [-0.2, -0.15) is 0 Å². The molecule has 0 saturated heterocycles. The van der Waals surface area contributed by atoms with E-state index in [9.17, 15) is 14.0 Å². The molecule has 0 aliphatic heterocycles. The Hall–Kier alpha value is -1.71. The molecule has 0 N–H and O–H groups in total. The number of hydrogen-bond donors (Lipinski definition) is 0. The molecule has 1 aromatic carbocycles. The summed E-state index contributed by atoms with van der Waals surface area (Å²) < 4.78 is 19.3. The zero-order valence-corrected chi connectivity index (χ0v) is 11.7. The molecule has 1 aromatic rings. The minimum Gasteiger partial charge on any atom is -0.456 e. The third-order valence-electron chi connectivity index (χ3n) is 3.96. The molecule has 20 heavy (non-hydrogen) atoms. The standard InChI is InChI=1S/C16H19FO3/c1-10-8-15(14(17)9-13(10)11(2)18)20-16(19)12-6-4-3-5-7-12/h3-7,10,13-15H,8-9H2,1-2H3. The van der Waals surface area contributed by atoms with Gasteiger partial charge >= 0.3 is 5.97 Å². The Kier molecular flexibility index (Phi) is 4.53. The molecule has 0 spiro atoms. The van der Waals surface area contributed by atoms with Gasteiger partial charge in [0, 0.05) is 5.92 Å². The van der Waals surface area contributed by atoms with Crippen molar-refractivity contribution in [2.75, 3.05) is 0 Å². The van der Waals surface area contributed by atoms with E-state index < -0.39 is 18.2 Å². The molecule has 108 valence electrons. The zero-order valence-electron chi connectivity index (χ0n) is 11.7. The highest BCUT2D eigenvalue weighted by molar-refractivity contribution is 5.89. The van der Waals surface area contributed by atoms with Crippen LogP contribution in [0.1, 0.15) is 37.0 Å². The molecule has 1 aliphatic rings. The van der Waals surface area contributed by atoms with Crippen molar-refractivity contribution in [1.29, 1.82) is 0 Å². The van der Waals surface area contributed by atoms with Crippen LogP contribution in [0.4, 0.5) is 4.39 Å². The van der Waals surface area contributed by atoms with Gasteiger partial charge in [-0.15, -0.1) is 0 Å². The van der Waals surface area contributed by atoms with E-state index in [1.807, 2.05) is 6.92 Å². The number of ether oxygens (including phenoxy) is 1. The molecule has 1 saturated carbocycles. The van der Waals surface area contributed by atoms with Gasteiger partial charge in [-0.25, -0.2) is 9.18 Å². The van der Waals surface area contributed by atoms with Gasteiger partial charge in [0.25, 0.3) is 0 Å². The highest BCUT2D eigenvalue weighted by Crippen LogP contribution is 2.34. The molecular formula is C16H19FO3. The second kappa shape index (κ2) is 6.16. The lowest BCUT2D eigenvalue weighted by Gasteiger charge is -2.34. The molecule has 1 aliphatic carbocycles. The van der Waals surface area contributed by atoms with Gasteiger partial charge in [-0.3, -0.25) is 4.79 Å². The third-order valence-corrected chi connectivity index (χ3v) is 3.96. The molecule has 0 amide bonds. The SMILES string of the molecule is CC(=O)C1CC(F)C(OC(=O)c2ccccc2)CC1C. The van der Waals surface area contributed by atoms with E-state index in [2.05, 4.69) is 0 Å². The third kappa shape index (κ3) is 3.24. The molecule has 0 radical (unpaired) electrons. The number of hydrogen-bond acceptors (Lipinski definition) is 3. The topological polar surface area (TPSA) is 43.4 Å². The van der Waals surface area contributed by atoms with Gasteiger partial charge in [0.15, 0.2) is 0 Å². The van der Waals surface area contributed by atoms with Crippen molar-refractivity contribution >= 4 is 11.8 Å². The zero-order chi connectivity index (χ0) is 14.7. The van der Waals surface area contributed by atoms with Crippen LogP contribution in [0.25, 0.3) is 0 Å². The second-order valence-electron chi connectivity index (χ2n) is 5.49. The van der Waals surface area contributed by atoms with E-state index in [-0.39, 0.29) is 24.0 Å². The monoisotopic (exact) mass is 278 g/mol. The summed E-state index contributed by atoms with van der Waals surface area (Å²) in [4.78, 5) is 23.4. The van der Waals surface area contributed by atoms with Crippen LogP contribution in [-0.2, 0) is 9.53 Å². The molecule has 0 heterocycles. The summed E-state index contributed by atoms with van der Waals surface area (Å²) in [6.45, 7) is 3.39. The maximum atomic E-state index is 14.1. The highest BCUT2D eigenvalue weighted by atomic mass is 19.1. The number of alkyl halides is 1. The number of carbonyl (C=O) groups excluding carboxylic acids is 2. The predicted molar refractivity (Wildman–Crippen MR) is 73.1 cm³/mol. The molecule has 3 nitrogen and oxygen atoms in total. The minimum atomic E-state index is -1.27. The first kappa shape index (κ1) is 14.7. The van der Waals surface area contributed by atoms with Crippen LogP contribution < -0.4 is 0 Å². The van der Waals surface area contributed by atoms with E-state index in [1.165, 1.54) is 6.92 Å². The Morgan fingerprint density at radius 1 is 1.20 bits per heavy atom. The fraction of sp³-hybridized carbons (Fsp3) is 0.500. The molecule has 2 rings (SSSR count). The normalized spacial score (nSPS) is 29.8. The van der Waals surface area contributed by atoms with Crippen molar-refractivity contribution in [1.82, 2.24) is 0 Å². The smallest absolute Gasteiger partial charge is 0.338 e. The maximum Gasteiger partial charge on any atom is 0.338 e. The Bertz CT molecular complexity index is 486. The van der Waals surface area contributed by atoms with E-state index in [0.29, 0.717) is 12.0 Å². The second-order valence-corrected chi connectivity index (χ2v) is 5.49. The van der Waals surface area contributed by atoms with Crippen LogP contribution in [0, 0.1) is 11.8 Å². The molecule has 0 aromatic heterocycles. The van der Waals surface area contributed by atoms with Gasteiger partial charge in [0.2, 0.25) is 0 Å². The van der Waals surface area contributed by atoms with Crippen molar-refractivity contribution in [3.8, 4) is 0 Å². The van der Waals surface area contributed by atoms with Gasteiger partial charge in [-0.1, -0.05) is 25.1 Å². The lowest BCUT2D eigenvalue weighted by atomic mass is 9.76. The summed E-state index contributed by atoms with van der Waals surface area (Å²) in [5.74, 6) is -0.732. The van der Waals surface area contributed by atoms with Gasteiger partial charge < -0.3 is 4.74 Å². The lowest BCUT2D eigenvalue weighted by Crippen LogP contribution is -2.40. The Morgan fingerprint density at radius 3 is 2.45 bits per heavy atom. The first-order valence-corrected chi connectivity index (χ1v) is 6.89. The van der Waals surface area contributed by atoms with Gasteiger partial charge in [-0.05, 0) is 37.8 Å². The van der Waals surface area contributed by atoms with Crippen molar-refractivity contribution in [3.05, 3.63) is 35.9 Å². The molecule has 4 unspecified atom stereocenters. The summed E-state index contributed by atoms with van der Waals surface area (Å²) in [7, 11) is 0.